The number of benzene rings is 2. The van der Waals surface area contributed by atoms with E-state index in [0.717, 1.165) is 5.56 Å². The summed E-state index contributed by atoms with van der Waals surface area (Å²) in [4.78, 5) is 23.5. The van der Waals surface area contributed by atoms with E-state index in [1.165, 1.54) is 12.1 Å². The van der Waals surface area contributed by atoms with Crippen LogP contribution in [0.15, 0.2) is 60.7 Å². The molecule has 1 aromatic heterocycles. The Morgan fingerprint density at radius 3 is 2.41 bits per heavy atom. The van der Waals surface area contributed by atoms with Gasteiger partial charge in [0.25, 0.3) is 5.91 Å². The normalized spacial score (nSPS) is 10.5. The first-order valence-corrected chi connectivity index (χ1v) is 8.87. The molecule has 0 unspecified atom stereocenters. The van der Waals surface area contributed by atoms with Crippen LogP contribution in [0.1, 0.15) is 24.3 Å². The minimum atomic E-state index is -0.350. The van der Waals surface area contributed by atoms with Crippen molar-refractivity contribution in [2.75, 3.05) is 18.4 Å². The number of carbonyl (C=O) groups is 1. The quantitative estimate of drug-likeness (QED) is 0.699. The van der Waals surface area contributed by atoms with Gasteiger partial charge in [-0.1, -0.05) is 36.4 Å². The number of aromatic nitrogens is 2. The highest BCUT2D eigenvalue weighted by molar-refractivity contribution is 5.93. The van der Waals surface area contributed by atoms with Crippen LogP contribution < -0.4 is 5.32 Å². The molecule has 5 nitrogen and oxygen atoms in total. The van der Waals surface area contributed by atoms with Gasteiger partial charge in [0.1, 0.15) is 17.3 Å². The molecule has 0 bridgehead atoms. The number of carbonyl (C=O) groups excluding carboxylic acids is 1. The molecule has 27 heavy (non-hydrogen) atoms. The zero-order valence-corrected chi connectivity index (χ0v) is 15.3. The summed E-state index contributed by atoms with van der Waals surface area (Å²) in [6, 6.07) is 17.1. The highest BCUT2D eigenvalue weighted by Gasteiger charge is 2.17. The molecule has 0 spiro atoms. The Morgan fingerprint density at radius 2 is 1.74 bits per heavy atom. The summed E-state index contributed by atoms with van der Waals surface area (Å²) in [5.41, 5.74) is 1.65. The minimum Gasteiger partial charge on any atom is -0.340 e. The number of nitrogens with zero attached hydrogens (tertiary/aromatic N) is 3. The minimum absolute atomic E-state index is 0.165. The van der Waals surface area contributed by atoms with E-state index in [0.29, 0.717) is 36.1 Å². The number of anilines is 2. The van der Waals surface area contributed by atoms with Gasteiger partial charge in [-0.25, -0.2) is 14.4 Å². The van der Waals surface area contributed by atoms with Crippen LogP contribution in [-0.4, -0.2) is 33.9 Å². The van der Waals surface area contributed by atoms with E-state index >= 15 is 0 Å². The van der Waals surface area contributed by atoms with Crippen LogP contribution in [0.4, 0.5) is 15.9 Å². The van der Waals surface area contributed by atoms with E-state index < -0.39 is 0 Å². The summed E-state index contributed by atoms with van der Waals surface area (Å²) in [5, 5.41) is 3.06. The van der Waals surface area contributed by atoms with Crippen LogP contribution in [0.25, 0.3) is 11.4 Å². The predicted octanol–water partition coefficient (Wildman–Crippen LogP) is 4.51. The lowest BCUT2D eigenvalue weighted by Crippen LogP contribution is -2.31. The average Bonchev–Trinajstić information content (AvgIpc) is 2.69. The maximum absolute atomic E-state index is 13.5. The van der Waals surface area contributed by atoms with E-state index in [9.17, 15) is 9.18 Å². The smallest absolute Gasteiger partial charge is 0.272 e. The fourth-order valence-electron chi connectivity index (χ4n) is 2.72. The number of halogens is 1. The maximum Gasteiger partial charge on any atom is 0.272 e. The number of hydrogen-bond acceptors (Lipinski definition) is 4. The van der Waals surface area contributed by atoms with Crippen molar-refractivity contribution in [2.24, 2.45) is 0 Å². The molecule has 1 heterocycles. The Morgan fingerprint density at radius 1 is 1.00 bits per heavy atom. The van der Waals surface area contributed by atoms with Crippen LogP contribution >= 0.6 is 0 Å². The number of amides is 1. The van der Waals surface area contributed by atoms with Gasteiger partial charge in [-0.15, -0.1) is 0 Å². The van der Waals surface area contributed by atoms with E-state index in [-0.39, 0.29) is 11.7 Å². The van der Waals surface area contributed by atoms with Gasteiger partial charge in [0.2, 0.25) is 0 Å². The lowest BCUT2D eigenvalue weighted by molar-refractivity contribution is 0.0767. The molecule has 1 N–H and O–H groups in total. The lowest BCUT2D eigenvalue weighted by Gasteiger charge is -2.19. The molecular formula is C21H21FN4O. The van der Waals surface area contributed by atoms with Crippen molar-refractivity contribution in [3.05, 3.63) is 72.2 Å². The van der Waals surface area contributed by atoms with E-state index in [4.69, 9.17) is 0 Å². The highest BCUT2D eigenvalue weighted by Crippen LogP contribution is 2.22. The molecule has 6 heteroatoms. The Balaban J connectivity index is 2.04. The number of nitrogens with one attached hydrogen (secondary N) is 1. The molecule has 0 radical (unpaired) electrons. The third-order valence-electron chi connectivity index (χ3n) is 4.12. The predicted molar refractivity (Wildman–Crippen MR) is 104 cm³/mol. The van der Waals surface area contributed by atoms with Gasteiger partial charge in [-0.2, -0.15) is 0 Å². The van der Waals surface area contributed by atoms with Crippen LogP contribution in [0.3, 0.4) is 0 Å². The van der Waals surface area contributed by atoms with Crippen LogP contribution in [0, 0.1) is 5.82 Å². The molecule has 2 aromatic carbocycles. The topological polar surface area (TPSA) is 58.1 Å². The Labute approximate surface area is 157 Å². The molecule has 0 saturated heterocycles. The summed E-state index contributed by atoms with van der Waals surface area (Å²) < 4.78 is 13.5. The summed E-state index contributed by atoms with van der Waals surface area (Å²) >= 11 is 0. The van der Waals surface area contributed by atoms with Crippen LogP contribution in [0.5, 0.6) is 0 Å². The van der Waals surface area contributed by atoms with E-state index in [1.807, 2.05) is 44.2 Å². The van der Waals surface area contributed by atoms with Crippen LogP contribution in [-0.2, 0) is 0 Å². The van der Waals surface area contributed by atoms with Crippen molar-refractivity contribution in [3.63, 3.8) is 0 Å². The van der Waals surface area contributed by atoms with Gasteiger partial charge in [-0.05, 0) is 32.0 Å². The molecule has 0 atom stereocenters. The second-order valence-corrected chi connectivity index (χ2v) is 5.94. The summed E-state index contributed by atoms with van der Waals surface area (Å²) in [5.74, 6) is 0.358. The fourth-order valence-corrected chi connectivity index (χ4v) is 2.72. The van der Waals surface area contributed by atoms with Crippen LogP contribution in [0.2, 0.25) is 0 Å². The molecule has 3 rings (SSSR count). The molecule has 0 aliphatic carbocycles. The monoisotopic (exact) mass is 364 g/mol. The molecule has 3 aromatic rings. The average molecular weight is 364 g/mol. The largest absolute Gasteiger partial charge is 0.340 e. The zero-order chi connectivity index (χ0) is 19.2. The SMILES string of the molecule is CCN(CC)C(=O)c1cc(Nc2cccc(F)c2)nc(-c2ccccc2)n1. The van der Waals surface area contributed by atoms with E-state index in [2.05, 4.69) is 15.3 Å². The van der Waals surface area contributed by atoms with Crippen molar-refractivity contribution in [1.29, 1.82) is 0 Å². The van der Waals surface area contributed by atoms with Gasteiger partial charge < -0.3 is 10.2 Å². The van der Waals surface area contributed by atoms with Gasteiger partial charge >= 0.3 is 0 Å². The third-order valence-corrected chi connectivity index (χ3v) is 4.12. The molecule has 0 aliphatic heterocycles. The van der Waals surface area contributed by atoms with Crippen molar-refractivity contribution < 1.29 is 9.18 Å². The van der Waals surface area contributed by atoms with Gasteiger partial charge in [0, 0.05) is 30.4 Å². The Hall–Kier alpha value is -3.28. The van der Waals surface area contributed by atoms with Gasteiger partial charge in [0.05, 0.1) is 0 Å². The second kappa shape index (κ2) is 8.40. The summed E-state index contributed by atoms with van der Waals surface area (Å²) in [6.45, 7) is 5.03. The maximum atomic E-state index is 13.5. The van der Waals surface area contributed by atoms with Crippen molar-refractivity contribution in [1.82, 2.24) is 14.9 Å². The summed E-state index contributed by atoms with van der Waals surface area (Å²) in [7, 11) is 0. The molecular weight excluding hydrogens is 343 g/mol. The molecule has 138 valence electrons. The van der Waals surface area contributed by atoms with E-state index in [1.54, 1.807) is 23.1 Å². The zero-order valence-electron chi connectivity index (χ0n) is 15.3. The Bertz CT molecular complexity index is 926. The second-order valence-electron chi connectivity index (χ2n) is 5.94. The standard InChI is InChI=1S/C21H21FN4O/c1-3-26(4-2)21(27)18-14-19(23-17-12-8-11-16(22)13-17)25-20(24-18)15-9-6-5-7-10-15/h5-14H,3-4H2,1-2H3,(H,23,24,25). The fraction of sp³-hybridized carbons (Fsp3) is 0.190. The first kappa shape index (κ1) is 18.5. The van der Waals surface area contributed by atoms with Gasteiger partial charge in [0.15, 0.2) is 5.82 Å². The molecule has 0 aliphatic rings. The molecule has 0 fully saturated rings. The van der Waals surface area contributed by atoms with Crippen molar-refractivity contribution in [3.8, 4) is 11.4 Å². The first-order chi connectivity index (χ1) is 13.1. The van der Waals surface area contributed by atoms with Gasteiger partial charge in [-0.3, -0.25) is 4.79 Å². The number of hydrogen-bond donors (Lipinski definition) is 1. The Kier molecular flexibility index (Phi) is 5.76. The molecule has 0 saturated carbocycles. The first-order valence-electron chi connectivity index (χ1n) is 8.87. The van der Waals surface area contributed by atoms with Crippen molar-refractivity contribution in [2.45, 2.75) is 13.8 Å². The highest BCUT2D eigenvalue weighted by atomic mass is 19.1. The summed E-state index contributed by atoms with van der Waals surface area (Å²) in [6.07, 6.45) is 0. The third kappa shape index (κ3) is 4.47. The number of rotatable bonds is 6. The van der Waals surface area contributed by atoms with Crippen molar-refractivity contribution >= 4 is 17.4 Å². The lowest BCUT2D eigenvalue weighted by atomic mass is 10.2. The molecule has 1 amide bonds.